The summed E-state index contributed by atoms with van der Waals surface area (Å²) in [5.41, 5.74) is -0.108. The molecule has 12 heteroatoms. The third kappa shape index (κ3) is 6.41. The summed E-state index contributed by atoms with van der Waals surface area (Å²) < 4.78 is 18.3. The van der Waals surface area contributed by atoms with Crippen LogP contribution < -0.4 is 16.1 Å². The van der Waals surface area contributed by atoms with Crippen LogP contribution >= 0.6 is 11.6 Å². The number of carbonyl (C=O) groups is 4. The van der Waals surface area contributed by atoms with Gasteiger partial charge in [0.05, 0.1) is 12.5 Å². The first kappa shape index (κ1) is 23.6. The highest BCUT2D eigenvalue weighted by Gasteiger charge is 2.33. The van der Waals surface area contributed by atoms with Crippen molar-refractivity contribution >= 4 is 35.2 Å². The maximum atomic E-state index is 13.4. The maximum absolute atomic E-state index is 13.4. The van der Waals surface area contributed by atoms with Gasteiger partial charge in [-0.1, -0.05) is 30.6 Å². The molecule has 1 aliphatic rings. The van der Waals surface area contributed by atoms with E-state index in [1.54, 1.807) is 6.92 Å². The molecule has 3 atom stereocenters. The molecule has 0 bridgehead atoms. The molecule has 10 nitrogen and oxygen atoms in total. The molecule has 1 aliphatic heterocycles. The average molecular weight is 446 g/mol. The second kappa shape index (κ2) is 10.4. The lowest BCUT2D eigenvalue weighted by molar-refractivity contribution is -0.145. The van der Waals surface area contributed by atoms with E-state index in [4.69, 9.17) is 16.1 Å². The number of halogens is 2. The number of aryl methyl sites for hydroxylation is 1. The molecular weight excluding hydrogens is 421 g/mol. The Morgan fingerprint density at radius 2 is 2.13 bits per heavy atom. The molecule has 0 saturated carbocycles. The molecule has 2 rings (SSSR count). The fourth-order valence-electron chi connectivity index (χ4n) is 2.97. The summed E-state index contributed by atoms with van der Waals surface area (Å²) in [6.45, 7) is 5.48. The van der Waals surface area contributed by atoms with E-state index in [0.717, 1.165) is 0 Å². The number of alkyl halides is 2. The summed E-state index contributed by atoms with van der Waals surface area (Å²) in [7, 11) is 0. The molecule has 1 aromatic rings. The highest BCUT2D eigenvalue weighted by Crippen LogP contribution is 2.14. The summed E-state index contributed by atoms with van der Waals surface area (Å²) in [6, 6.07) is 0.366. The first-order valence-corrected chi connectivity index (χ1v) is 9.94. The SMILES string of the molecule is Cc1cc(C(=O)N[C@@H](CC(C)C)C(=O)NN(C[C@@H]2CCNC2=O)C(=O)[C@@H](F)Cl)no1. The van der Waals surface area contributed by atoms with Crippen LogP contribution in [-0.4, -0.2) is 58.6 Å². The van der Waals surface area contributed by atoms with Crippen LogP contribution in [0.5, 0.6) is 0 Å². The van der Waals surface area contributed by atoms with Gasteiger partial charge in [-0.25, -0.2) is 9.40 Å². The Morgan fingerprint density at radius 3 is 2.63 bits per heavy atom. The van der Waals surface area contributed by atoms with Crippen LogP contribution in [0.15, 0.2) is 10.6 Å². The topological polar surface area (TPSA) is 134 Å². The van der Waals surface area contributed by atoms with Crippen molar-refractivity contribution in [3.63, 3.8) is 0 Å². The molecular formula is C18H25ClFN5O5. The van der Waals surface area contributed by atoms with Crippen molar-refractivity contribution in [2.24, 2.45) is 11.8 Å². The average Bonchev–Trinajstić information content (AvgIpc) is 3.27. The standard InChI is InChI=1S/C18H25ClFN5O5/c1-9(2)6-12(22-16(27)13-7-10(3)30-24-13)17(28)23-25(18(29)14(19)20)8-11-4-5-21-15(11)26/h7,9,11-12,14H,4-6,8H2,1-3H3,(H,21,26)(H,22,27)(H,23,28)/t11-,12-,14+/m0/s1. The number of hydrogen-bond donors (Lipinski definition) is 3. The fourth-order valence-corrected chi connectivity index (χ4v) is 3.09. The van der Waals surface area contributed by atoms with Gasteiger partial charge < -0.3 is 15.2 Å². The molecule has 1 aromatic heterocycles. The smallest absolute Gasteiger partial charge is 0.291 e. The van der Waals surface area contributed by atoms with E-state index < -0.39 is 35.3 Å². The Bertz CT molecular complexity index is 800. The van der Waals surface area contributed by atoms with Crippen molar-refractivity contribution in [3.05, 3.63) is 17.5 Å². The molecule has 0 aromatic carbocycles. The summed E-state index contributed by atoms with van der Waals surface area (Å²) in [6.07, 6.45) is 0.662. The van der Waals surface area contributed by atoms with Gasteiger partial charge in [0, 0.05) is 12.6 Å². The zero-order chi connectivity index (χ0) is 22.4. The lowest BCUT2D eigenvalue weighted by Gasteiger charge is -2.28. The number of aromatic nitrogens is 1. The molecule has 0 aliphatic carbocycles. The Morgan fingerprint density at radius 1 is 1.43 bits per heavy atom. The molecule has 0 spiro atoms. The van der Waals surface area contributed by atoms with Crippen LogP contribution in [0.2, 0.25) is 0 Å². The zero-order valence-corrected chi connectivity index (χ0v) is 17.7. The van der Waals surface area contributed by atoms with Gasteiger partial charge in [-0.05, 0) is 25.7 Å². The quantitative estimate of drug-likeness (QED) is 0.397. The molecule has 2 heterocycles. The molecule has 3 N–H and O–H groups in total. The maximum Gasteiger partial charge on any atom is 0.291 e. The minimum atomic E-state index is -2.40. The van der Waals surface area contributed by atoms with Crippen molar-refractivity contribution in [1.29, 1.82) is 0 Å². The van der Waals surface area contributed by atoms with Crippen LogP contribution in [0.1, 0.15) is 42.9 Å². The third-order valence-electron chi connectivity index (χ3n) is 4.45. The number of nitrogens with zero attached hydrogens (tertiary/aromatic N) is 2. The number of amides is 4. The van der Waals surface area contributed by atoms with Gasteiger partial charge in [0.1, 0.15) is 11.8 Å². The minimum absolute atomic E-state index is 0.00537. The van der Waals surface area contributed by atoms with Crippen molar-refractivity contribution in [2.75, 3.05) is 13.1 Å². The van der Waals surface area contributed by atoms with Gasteiger partial charge in [0.15, 0.2) is 5.69 Å². The molecule has 4 amide bonds. The highest BCUT2D eigenvalue weighted by molar-refractivity contribution is 6.29. The second-order valence-corrected chi connectivity index (χ2v) is 7.86. The van der Waals surface area contributed by atoms with Gasteiger partial charge in [-0.15, -0.1) is 0 Å². The van der Waals surface area contributed by atoms with Crippen molar-refractivity contribution in [2.45, 2.75) is 45.3 Å². The van der Waals surface area contributed by atoms with E-state index in [2.05, 4.69) is 21.2 Å². The summed E-state index contributed by atoms with van der Waals surface area (Å²) in [5, 5.41) is 9.43. The minimum Gasteiger partial charge on any atom is -0.361 e. The number of nitrogens with one attached hydrogen (secondary N) is 3. The Balaban J connectivity index is 2.13. The van der Waals surface area contributed by atoms with Gasteiger partial charge in [0.2, 0.25) is 5.91 Å². The number of hydrazine groups is 1. The first-order chi connectivity index (χ1) is 14.1. The monoisotopic (exact) mass is 445 g/mol. The van der Waals surface area contributed by atoms with Crippen molar-refractivity contribution < 1.29 is 28.1 Å². The molecule has 1 fully saturated rings. The first-order valence-electron chi connectivity index (χ1n) is 9.50. The molecule has 0 radical (unpaired) electrons. The van der Waals surface area contributed by atoms with E-state index in [1.165, 1.54) is 6.07 Å². The second-order valence-electron chi connectivity index (χ2n) is 7.48. The van der Waals surface area contributed by atoms with E-state index >= 15 is 0 Å². The van der Waals surface area contributed by atoms with Crippen LogP contribution in [0.4, 0.5) is 4.39 Å². The van der Waals surface area contributed by atoms with Crippen LogP contribution in [-0.2, 0) is 14.4 Å². The van der Waals surface area contributed by atoms with Crippen LogP contribution in [0, 0.1) is 18.8 Å². The fraction of sp³-hybridized carbons (Fsp3) is 0.611. The molecule has 30 heavy (non-hydrogen) atoms. The molecule has 1 saturated heterocycles. The van der Waals surface area contributed by atoms with Gasteiger partial charge in [-0.2, -0.15) is 0 Å². The number of carbonyl (C=O) groups excluding carboxylic acids is 4. The van der Waals surface area contributed by atoms with Crippen LogP contribution in [0.25, 0.3) is 0 Å². The third-order valence-corrected chi connectivity index (χ3v) is 4.64. The lowest BCUT2D eigenvalue weighted by atomic mass is 10.0. The normalized spacial score (nSPS) is 17.9. The predicted molar refractivity (Wildman–Crippen MR) is 104 cm³/mol. The summed E-state index contributed by atoms with van der Waals surface area (Å²) in [4.78, 5) is 49.1. The Kier molecular flexibility index (Phi) is 8.16. The van der Waals surface area contributed by atoms with E-state index in [-0.39, 0.29) is 30.5 Å². The van der Waals surface area contributed by atoms with Crippen molar-refractivity contribution in [1.82, 2.24) is 26.2 Å². The van der Waals surface area contributed by atoms with Gasteiger partial charge in [0.25, 0.3) is 23.4 Å². The molecule has 166 valence electrons. The van der Waals surface area contributed by atoms with E-state index in [9.17, 15) is 23.6 Å². The highest BCUT2D eigenvalue weighted by atomic mass is 35.5. The van der Waals surface area contributed by atoms with Crippen molar-refractivity contribution in [3.8, 4) is 0 Å². The Hall–Kier alpha value is -2.69. The number of hydrogen-bond acceptors (Lipinski definition) is 6. The van der Waals surface area contributed by atoms with Gasteiger partial charge >= 0.3 is 0 Å². The zero-order valence-electron chi connectivity index (χ0n) is 16.9. The predicted octanol–water partition coefficient (Wildman–Crippen LogP) is 0.658. The van der Waals surface area contributed by atoms with E-state index in [1.807, 2.05) is 13.8 Å². The van der Waals surface area contributed by atoms with Crippen LogP contribution in [0.3, 0.4) is 0 Å². The lowest BCUT2D eigenvalue weighted by Crippen LogP contribution is -2.57. The summed E-state index contributed by atoms with van der Waals surface area (Å²) in [5.74, 6) is -3.07. The Labute approximate surface area is 177 Å². The van der Waals surface area contributed by atoms with Gasteiger partial charge in [-0.3, -0.25) is 24.6 Å². The van der Waals surface area contributed by atoms with E-state index in [0.29, 0.717) is 23.7 Å². The largest absolute Gasteiger partial charge is 0.361 e. The summed E-state index contributed by atoms with van der Waals surface area (Å²) >= 11 is 5.26. The molecule has 0 unspecified atom stereocenters. The number of rotatable bonds is 8.